The monoisotopic (exact) mass is 334 g/mol. The van der Waals surface area contributed by atoms with Crippen LogP contribution in [-0.4, -0.2) is 39.3 Å². The first-order valence-electron chi connectivity index (χ1n) is 6.59. The summed E-state index contributed by atoms with van der Waals surface area (Å²) in [4.78, 5) is 19.8. The number of halogens is 2. The largest absolute Gasteiger partial charge is 0.462 e. The van der Waals surface area contributed by atoms with Crippen LogP contribution in [0, 0.1) is 0 Å². The van der Waals surface area contributed by atoms with Crippen molar-refractivity contribution in [1.82, 2.24) is 9.97 Å². The fourth-order valence-electron chi connectivity index (χ4n) is 2.00. The molecule has 1 fully saturated rings. The summed E-state index contributed by atoms with van der Waals surface area (Å²) in [6.45, 7) is 3.77. The van der Waals surface area contributed by atoms with E-state index >= 15 is 0 Å². The molecule has 2 rings (SSSR count). The maximum atomic E-state index is 13.2. The molecule has 1 saturated heterocycles. The quantitative estimate of drug-likeness (QED) is 0.786. The Bertz CT molecular complexity index is 517. The van der Waals surface area contributed by atoms with Gasteiger partial charge in [0.2, 0.25) is 0 Å². The Morgan fingerprint density at radius 2 is 2.19 bits per heavy atom. The van der Waals surface area contributed by atoms with Gasteiger partial charge in [-0.1, -0.05) is 6.92 Å². The zero-order chi connectivity index (χ0) is 15.4. The molecule has 1 aromatic heterocycles. The number of thioether (sulfide) groups is 2. The zero-order valence-electron chi connectivity index (χ0n) is 11.7. The Kier molecular flexibility index (Phi) is 5.80. The van der Waals surface area contributed by atoms with Crippen LogP contribution in [0.15, 0.2) is 6.20 Å². The lowest BCUT2D eigenvalue weighted by molar-refractivity contribution is 0.0512. The SMILES string of the molecule is CCOC(=O)c1cnc(C2SCCSC2C)nc1C(F)F. The first kappa shape index (κ1) is 16.5. The van der Waals surface area contributed by atoms with Crippen LogP contribution < -0.4 is 0 Å². The molecular weight excluding hydrogens is 318 g/mol. The molecule has 0 aliphatic carbocycles. The molecule has 0 aromatic carbocycles. The maximum Gasteiger partial charge on any atom is 0.341 e. The molecule has 2 atom stereocenters. The summed E-state index contributed by atoms with van der Waals surface area (Å²) < 4.78 is 31.1. The molecule has 0 radical (unpaired) electrons. The summed E-state index contributed by atoms with van der Waals surface area (Å²) in [5.74, 6) is 1.53. The third kappa shape index (κ3) is 3.85. The van der Waals surface area contributed by atoms with Crippen molar-refractivity contribution in [2.45, 2.75) is 30.8 Å². The molecule has 0 amide bonds. The van der Waals surface area contributed by atoms with Crippen molar-refractivity contribution in [2.24, 2.45) is 0 Å². The molecule has 1 aliphatic heterocycles. The van der Waals surface area contributed by atoms with E-state index in [-0.39, 0.29) is 22.7 Å². The van der Waals surface area contributed by atoms with Gasteiger partial charge >= 0.3 is 5.97 Å². The topological polar surface area (TPSA) is 52.1 Å². The van der Waals surface area contributed by atoms with Gasteiger partial charge in [-0.3, -0.25) is 0 Å². The van der Waals surface area contributed by atoms with E-state index < -0.39 is 18.1 Å². The van der Waals surface area contributed by atoms with E-state index in [2.05, 4.69) is 9.97 Å². The molecule has 21 heavy (non-hydrogen) atoms. The van der Waals surface area contributed by atoms with Crippen LogP contribution in [0.4, 0.5) is 8.78 Å². The molecule has 0 spiro atoms. The Balaban J connectivity index is 2.33. The molecule has 8 heteroatoms. The van der Waals surface area contributed by atoms with Crippen LogP contribution in [0.2, 0.25) is 0 Å². The smallest absolute Gasteiger partial charge is 0.341 e. The second-order valence-electron chi connectivity index (χ2n) is 4.42. The summed E-state index contributed by atoms with van der Waals surface area (Å²) in [6, 6.07) is 0. The van der Waals surface area contributed by atoms with E-state index in [1.165, 1.54) is 0 Å². The Morgan fingerprint density at radius 1 is 1.48 bits per heavy atom. The number of rotatable bonds is 4. The first-order valence-corrected chi connectivity index (χ1v) is 8.69. The van der Waals surface area contributed by atoms with Gasteiger partial charge in [-0.05, 0) is 6.92 Å². The van der Waals surface area contributed by atoms with E-state index in [9.17, 15) is 13.6 Å². The number of ether oxygens (including phenoxy) is 1. The lowest BCUT2D eigenvalue weighted by Crippen LogP contribution is -2.20. The standard InChI is InChI=1S/C13H16F2N2O2S2/c1-3-19-13(18)8-6-16-12(17-9(8)11(14)15)10-7(2)20-4-5-21-10/h6-7,10-11H,3-5H2,1-2H3. The van der Waals surface area contributed by atoms with E-state index in [0.29, 0.717) is 5.82 Å². The van der Waals surface area contributed by atoms with Crippen LogP contribution in [0.3, 0.4) is 0 Å². The highest BCUT2D eigenvalue weighted by molar-refractivity contribution is 8.06. The van der Waals surface area contributed by atoms with Crippen LogP contribution in [0.1, 0.15) is 47.4 Å². The van der Waals surface area contributed by atoms with Crippen molar-refractivity contribution in [3.63, 3.8) is 0 Å². The lowest BCUT2D eigenvalue weighted by atomic mass is 10.2. The van der Waals surface area contributed by atoms with Gasteiger partial charge in [-0.25, -0.2) is 23.5 Å². The van der Waals surface area contributed by atoms with Gasteiger partial charge in [0.1, 0.15) is 17.1 Å². The minimum atomic E-state index is -2.83. The fourth-order valence-corrected chi connectivity index (χ4v) is 4.69. The minimum Gasteiger partial charge on any atom is -0.462 e. The number of nitrogens with zero attached hydrogens (tertiary/aromatic N) is 2. The third-order valence-corrected chi connectivity index (χ3v) is 6.07. The van der Waals surface area contributed by atoms with Crippen LogP contribution in [0.5, 0.6) is 0 Å². The number of carbonyl (C=O) groups excluding carboxylic acids is 1. The van der Waals surface area contributed by atoms with Gasteiger partial charge in [-0.2, -0.15) is 11.8 Å². The average molecular weight is 334 g/mol. The zero-order valence-corrected chi connectivity index (χ0v) is 13.3. The van der Waals surface area contributed by atoms with Gasteiger partial charge < -0.3 is 4.74 Å². The van der Waals surface area contributed by atoms with Crippen molar-refractivity contribution < 1.29 is 18.3 Å². The van der Waals surface area contributed by atoms with E-state index in [1.807, 2.05) is 6.92 Å². The summed E-state index contributed by atoms with van der Waals surface area (Å²) in [5, 5.41) is 0.222. The van der Waals surface area contributed by atoms with Gasteiger partial charge in [-0.15, -0.1) is 11.8 Å². The number of alkyl halides is 2. The summed E-state index contributed by atoms with van der Waals surface area (Å²) >= 11 is 3.44. The maximum absolute atomic E-state index is 13.2. The second kappa shape index (κ2) is 7.40. The van der Waals surface area contributed by atoms with Gasteiger partial charge in [0, 0.05) is 23.0 Å². The van der Waals surface area contributed by atoms with Crippen LogP contribution in [-0.2, 0) is 4.74 Å². The van der Waals surface area contributed by atoms with E-state index in [1.54, 1.807) is 30.4 Å². The van der Waals surface area contributed by atoms with Gasteiger partial charge in [0.25, 0.3) is 6.43 Å². The minimum absolute atomic E-state index is 0.0301. The molecule has 1 aromatic rings. The van der Waals surface area contributed by atoms with Gasteiger partial charge in [0.15, 0.2) is 0 Å². The van der Waals surface area contributed by atoms with Crippen LogP contribution in [0.25, 0.3) is 0 Å². The van der Waals surface area contributed by atoms with Crippen molar-refractivity contribution >= 4 is 29.5 Å². The predicted molar refractivity (Wildman–Crippen MR) is 80.1 cm³/mol. The van der Waals surface area contributed by atoms with Crippen molar-refractivity contribution in [1.29, 1.82) is 0 Å². The lowest BCUT2D eigenvalue weighted by Gasteiger charge is -2.26. The highest BCUT2D eigenvalue weighted by Gasteiger charge is 2.29. The van der Waals surface area contributed by atoms with Crippen LogP contribution >= 0.6 is 23.5 Å². The van der Waals surface area contributed by atoms with Crippen molar-refractivity contribution in [3.05, 3.63) is 23.3 Å². The molecule has 116 valence electrons. The molecule has 2 heterocycles. The fraction of sp³-hybridized carbons (Fsp3) is 0.615. The number of hydrogen-bond acceptors (Lipinski definition) is 6. The molecule has 2 unspecified atom stereocenters. The average Bonchev–Trinajstić information content (AvgIpc) is 2.47. The number of hydrogen-bond donors (Lipinski definition) is 0. The third-order valence-electron chi connectivity index (χ3n) is 2.98. The molecular formula is C13H16F2N2O2S2. The summed E-state index contributed by atoms with van der Waals surface area (Å²) in [5.41, 5.74) is -0.793. The Morgan fingerprint density at radius 3 is 2.81 bits per heavy atom. The number of esters is 1. The normalized spacial score (nSPS) is 22.3. The molecule has 1 aliphatic rings. The number of carbonyl (C=O) groups is 1. The van der Waals surface area contributed by atoms with E-state index in [4.69, 9.17) is 4.74 Å². The predicted octanol–water partition coefficient (Wildman–Crippen LogP) is 3.50. The Hall–Kier alpha value is -0.890. The second-order valence-corrected chi connectivity index (χ2v) is 7.15. The van der Waals surface area contributed by atoms with E-state index in [0.717, 1.165) is 17.7 Å². The number of aromatic nitrogens is 2. The summed E-state index contributed by atoms with van der Waals surface area (Å²) in [7, 11) is 0. The Labute approximate surface area is 130 Å². The van der Waals surface area contributed by atoms with Gasteiger partial charge in [0.05, 0.1) is 11.9 Å². The molecule has 0 saturated carbocycles. The summed E-state index contributed by atoms with van der Waals surface area (Å²) in [6.07, 6.45) is -1.67. The molecule has 4 nitrogen and oxygen atoms in total. The highest BCUT2D eigenvalue weighted by atomic mass is 32.2. The first-order chi connectivity index (χ1) is 10.0. The highest BCUT2D eigenvalue weighted by Crippen LogP contribution is 2.41. The molecule has 0 N–H and O–H groups in total. The molecule has 0 bridgehead atoms. The van der Waals surface area contributed by atoms with Crippen molar-refractivity contribution in [2.75, 3.05) is 18.1 Å². The van der Waals surface area contributed by atoms with Crippen molar-refractivity contribution in [3.8, 4) is 0 Å².